The van der Waals surface area contributed by atoms with E-state index in [1.807, 2.05) is 0 Å². The summed E-state index contributed by atoms with van der Waals surface area (Å²) in [5.41, 5.74) is 5.61. The minimum absolute atomic E-state index is 0.808. The standard InChI is InChI=1S/C10H14N4S/c1-7-4-9(8(2)14(7)3)5-11-10-13-12-6-15-10/h4,6H,5H2,1-3H3,(H,11,13). The van der Waals surface area contributed by atoms with Crippen molar-refractivity contribution in [2.45, 2.75) is 20.4 Å². The molecule has 15 heavy (non-hydrogen) atoms. The smallest absolute Gasteiger partial charge is 0.205 e. The van der Waals surface area contributed by atoms with Gasteiger partial charge in [-0.25, -0.2) is 0 Å². The van der Waals surface area contributed by atoms with Gasteiger partial charge in [0.1, 0.15) is 5.51 Å². The maximum Gasteiger partial charge on any atom is 0.205 e. The lowest BCUT2D eigenvalue weighted by Crippen LogP contribution is -2.01. The van der Waals surface area contributed by atoms with Crippen molar-refractivity contribution in [3.05, 3.63) is 28.5 Å². The first kappa shape index (κ1) is 10.2. The Bertz CT molecular complexity index is 444. The van der Waals surface area contributed by atoms with Crippen LogP contribution in [0.5, 0.6) is 0 Å². The molecule has 2 rings (SSSR count). The first-order valence-corrected chi connectivity index (χ1v) is 5.68. The summed E-state index contributed by atoms with van der Waals surface area (Å²) in [4.78, 5) is 0. The van der Waals surface area contributed by atoms with Crippen molar-refractivity contribution in [3.63, 3.8) is 0 Å². The van der Waals surface area contributed by atoms with E-state index in [-0.39, 0.29) is 0 Å². The molecule has 80 valence electrons. The van der Waals surface area contributed by atoms with E-state index in [2.05, 4.69) is 47.0 Å². The van der Waals surface area contributed by atoms with Crippen LogP contribution >= 0.6 is 11.3 Å². The molecule has 1 N–H and O–H groups in total. The van der Waals surface area contributed by atoms with Crippen molar-refractivity contribution in [3.8, 4) is 0 Å². The Kier molecular flexibility index (Phi) is 2.73. The van der Waals surface area contributed by atoms with Crippen molar-refractivity contribution in [1.82, 2.24) is 14.8 Å². The molecule has 0 aliphatic carbocycles. The minimum atomic E-state index is 0.808. The van der Waals surface area contributed by atoms with Crippen molar-refractivity contribution < 1.29 is 0 Å². The highest BCUT2D eigenvalue weighted by Crippen LogP contribution is 2.16. The van der Waals surface area contributed by atoms with E-state index >= 15 is 0 Å². The zero-order valence-corrected chi connectivity index (χ0v) is 9.93. The van der Waals surface area contributed by atoms with Crippen molar-refractivity contribution in [1.29, 1.82) is 0 Å². The third kappa shape index (κ3) is 2.02. The lowest BCUT2D eigenvalue weighted by molar-refractivity contribution is 0.836. The van der Waals surface area contributed by atoms with E-state index in [0.717, 1.165) is 11.7 Å². The third-order valence-electron chi connectivity index (χ3n) is 2.67. The summed E-state index contributed by atoms with van der Waals surface area (Å²) < 4.78 is 2.19. The Morgan fingerprint density at radius 1 is 1.47 bits per heavy atom. The molecule has 2 heterocycles. The highest BCUT2D eigenvalue weighted by Gasteiger charge is 2.05. The lowest BCUT2D eigenvalue weighted by Gasteiger charge is -2.03. The average molecular weight is 222 g/mol. The van der Waals surface area contributed by atoms with Gasteiger partial charge in [-0.1, -0.05) is 11.3 Å². The third-order valence-corrected chi connectivity index (χ3v) is 3.32. The number of nitrogens with one attached hydrogen (secondary N) is 1. The van der Waals surface area contributed by atoms with E-state index in [9.17, 15) is 0 Å². The van der Waals surface area contributed by atoms with Crippen molar-refractivity contribution >= 4 is 16.5 Å². The van der Waals surface area contributed by atoms with Gasteiger partial charge in [-0.2, -0.15) is 0 Å². The van der Waals surface area contributed by atoms with Crippen molar-refractivity contribution in [2.75, 3.05) is 5.32 Å². The highest BCUT2D eigenvalue weighted by atomic mass is 32.1. The largest absolute Gasteiger partial charge is 0.356 e. The summed E-state index contributed by atoms with van der Waals surface area (Å²) in [6, 6.07) is 2.20. The Labute approximate surface area is 93.0 Å². The molecule has 0 saturated carbocycles. The Balaban J connectivity index is 2.08. The summed E-state index contributed by atoms with van der Waals surface area (Å²) in [7, 11) is 2.08. The van der Waals surface area contributed by atoms with E-state index in [0.29, 0.717) is 0 Å². The van der Waals surface area contributed by atoms with Gasteiger partial charge in [0, 0.05) is 25.0 Å². The van der Waals surface area contributed by atoms with Crippen LogP contribution in [0.2, 0.25) is 0 Å². The number of aromatic nitrogens is 3. The lowest BCUT2D eigenvalue weighted by atomic mass is 10.2. The molecule has 0 saturated heterocycles. The number of anilines is 1. The molecule has 0 aliphatic rings. The van der Waals surface area contributed by atoms with Crippen LogP contribution in [0.15, 0.2) is 11.6 Å². The van der Waals surface area contributed by atoms with Gasteiger partial charge in [0.25, 0.3) is 0 Å². The van der Waals surface area contributed by atoms with Gasteiger partial charge >= 0.3 is 0 Å². The van der Waals surface area contributed by atoms with Crippen LogP contribution in [0.1, 0.15) is 17.0 Å². The van der Waals surface area contributed by atoms with Gasteiger partial charge in [-0.3, -0.25) is 0 Å². The predicted molar refractivity (Wildman–Crippen MR) is 62.1 cm³/mol. The molecule has 0 amide bonds. The van der Waals surface area contributed by atoms with Crippen LogP contribution in [-0.2, 0) is 13.6 Å². The molecular weight excluding hydrogens is 208 g/mol. The molecule has 0 unspecified atom stereocenters. The monoisotopic (exact) mass is 222 g/mol. The molecule has 0 radical (unpaired) electrons. The van der Waals surface area contributed by atoms with Crippen LogP contribution in [-0.4, -0.2) is 14.8 Å². The molecule has 5 heteroatoms. The molecule has 0 bridgehead atoms. The molecule has 0 aliphatic heterocycles. The van der Waals surface area contributed by atoms with Gasteiger partial charge in [0.2, 0.25) is 5.13 Å². The number of nitrogens with zero attached hydrogens (tertiary/aromatic N) is 3. The summed E-state index contributed by atoms with van der Waals surface area (Å²) >= 11 is 1.52. The predicted octanol–water partition coefficient (Wildman–Crippen LogP) is 2.11. The zero-order chi connectivity index (χ0) is 10.8. The van der Waals surface area contributed by atoms with E-state index in [1.165, 1.54) is 28.3 Å². The SMILES string of the molecule is Cc1cc(CNc2nncs2)c(C)n1C. The topological polar surface area (TPSA) is 42.7 Å². The van der Waals surface area contributed by atoms with Gasteiger partial charge in [0.15, 0.2) is 0 Å². The number of rotatable bonds is 3. The fraction of sp³-hybridized carbons (Fsp3) is 0.400. The molecule has 4 nitrogen and oxygen atoms in total. The first-order valence-electron chi connectivity index (χ1n) is 4.80. The first-order chi connectivity index (χ1) is 7.18. The average Bonchev–Trinajstić information content (AvgIpc) is 2.80. The quantitative estimate of drug-likeness (QED) is 0.865. The minimum Gasteiger partial charge on any atom is -0.356 e. The zero-order valence-electron chi connectivity index (χ0n) is 9.11. The fourth-order valence-electron chi connectivity index (χ4n) is 1.53. The highest BCUT2D eigenvalue weighted by molar-refractivity contribution is 7.13. The van der Waals surface area contributed by atoms with E-state index in [1.54, 1.807) is 5.51 Å². The summed E-state index contributed by atoms with van der Waals surface area (Å²) in [5.74, 6) is 0. The maximum absolute atomic E-state index is 3.94. The second-order valence-electron chi connectivity index (χ2n) is 3.55. The maximum atomic E-state index is 3.94. The molecule has 0 fully saturated rings. The Hall–Kier alpha value is -1.36. The molecule has 0 atom stereocenters. The number of hydrogen-bond acceptors (Lipinski definition) is 4. The Morgan fingerprint density at radius 2 is 2.27 bits per heavy atom. The number of aryl methyl sites for hydroxylation is 1. The molecule has 2 aromatic rings. The summed E-state index contributed by atoms with van der Waals surface area (Å²) in [6.45, 7) is 5.05. The second-order valence-corrected chi connectivity index (χ2v) is 4.39. The van der Waals surface area contributed by atoms with Gasteiger partial charge in [-0.15, -0.1) is 10.2 Å². The fourth-order valence-corrected chi connectivity index (χ4v) is 1.98. The molecule has 2 aromatic heterocycles. The molecular formula is C10H14N4S. The second kappa shape index (κ2) is 4.02. The summed E-state index contributed by atoms with van der Waals surface area (Å²) in [5, 5.41) is 11.8. The van der Waals surface area contributed by atoms with E-state index in [4.69, 9.17) is 0 Å². The van der Waals surface area contributed by atoms with Gasteiger partial charge < -0.3 is 9.88 Å². The van der Waals surface area contributed by atoms with Crippen LogP contribution in [0.4, 0.5) is 5.13 Å². The number of hydrogen-bond donors (Lipinski definition) is 1. The van der Waals surface area contributed by atoms with Crippen LogP contribution in [0.3, 0.4) is 0 Å². The summed E-state index contributed by atoms with van der Waals surface area (Å²) in [6.07, 6.45) is 0. The molecule has 0 aromatic carbocycles. The molecule has 0 spiro atoms. The Morgan fingerprint density at radius 3 is 2.80 bits per heavy atom. The van der Waals surface area contributed by atoms with Crippen LogP contribution < -0.4 is 5.32 Å². The van der Waals surface area contributed by atoms with Gasteiger partial charge in [0.05, 0.1) is 0 Å². The van der Waals surface area contributed by atoms with Crippen LogP contribution in [0, 0.1) is 13.8 Å². The van der Waals surface area contributed by atoms with Gasteiger partial charge in [-0.05, 0) is 25.5 Å². The normalized spacial score (nSPS) is 10.6. The van der Waals surface area contributed by atoms with Crippen molar-refractivity contribution in [2.24, 2.45) is 7.05 Å². The van der Waals surface area contributed by atoms with Crippen LogP contribution in [0.25, 0.3) is 0 Å². The van der Waals surface area contributed by atoms with E-state index < -0.39 is 0 Å².